The minimum Gasteiger partial charge on any atom is -0.492 e. The maximum Gasteiger partial charge on any atom is 0.343 e. The largest absolute Gasteiger partial charge is 0.492 e. The van der Waals surface area contributed by atoms with Crippen LogP contribution in [0, 0.1) is 23.7 Å². The SMILES string of the molecule is COC1=C(C)C(=O)O/C1=C1/OC2=CC[C@@H]3CC[C@](O)([C@@H]4C=CC[C@H](C)C4)[C@@H]4CCC[C@@H]([C@H]2[C@@H]1C)N34. The van der Waals surface area contributed by atoms with Gasteiger partial charge in [0.1, 0.15) is 5.76 Å². The van der Waals surface area contributed by atoms with Gasteiger partial charge in [-0.3, -0.25) is 4.90 Å². The molecule has 0 radical (unpaired) electrons. The van der Waals surface area contributed by atoms with Gasteiger partial charge in [-0.2, -0.15) is 0 Å². The van der Waals surface area contributed by atoms with E-state index >= 15 is 0 Å². The zero-order valence-electron chi connectivity index (χ0n) is 21.5. The summed E-state index contributed by atoms with van der Waals surface area (Å²) in [5.74, 6) is 3.38. The quantitative estimate of drug-likeness (QED) is 0.444. The number of cyclic esters (lactones) is 1. The molecule has 0 amide bonds. The van der Waals surface area contributed by atoms with Gasteiger partial charge in [0, 0.05) is 35.9 Å². The summed E-state index contributed by atoms with van der Waals surface area (Å²) in [5, 5.41) is 12.3. The molecule has 1 N–H and O–H groups in total. The van der Waals surface area contributed by atoms with Gasteiger partial charge < -0.3 is 19.3 Å². The molecule has 35 heavy (non-hydrogen) atoms. The lowest BCUT2D eigenvalue weighted by atomic mass is 9.65. The van der Waals surface area contributed by atoms with Crippen molar-refractivity contribution in [3.63, 3.8) is 0 Å². The summed E-state index contributed by atoms with van der Waals surface area (Å²) in [5.41, 5.74) is -0.181. The molecule has 0 aromatic heterocycles. The fourth-order valence-electron chi connectivity index (χ4n) is 8.08. The first-order valence-electron chi connectivity index (χ1n) is 13.6. The molecule has 0 aromatic carbocycles. The Kier molecular flexibility index (Phi) is 5.68. The summed E-state index contributed by atoms with van der Waals surface area (Å²) in [6.45, 7) is 6.23. The fourth-order valence-corrected chi connectivity index (χ4v) is 8.08. The van der Waals surface area contributed by atoms with Crippen molar-refractivity contribution in [2.45, 2.75) is 95.9 Å². The zero-order chi connectivity index (χ0) is 24.5. The number of allylic oxidation sites excluding steroid dienone is 2. The number of piperidine rings is 2. The number of carbonyl (C=O) groups is 1. The lowest BCUT2D eigenvalue weighted by Gasteiger charge is -2.59. The maximum absolute atomic E-state index is 12.3. The number of esters is 1. The van der Waals surface area contributed by atoms with Crippen molar-refractivity contribution in [2.75, 3.05) is 7.11 Å². The second-order valence-electron chi connectivity index (χ2n) is 11.8. The molecular formula is C29H39NO5. The Labute approximate surface area is 208 Å². The Morgan fingerprint density at radius 1 is 1.17 bits per heavy atom. The first-order chi connectivity index (χ1) is 16.8. The predicted molar refractivity (Wildman–Crippen MR) is 132 cm³/mol. The van der Waals surface area contributed by atoms with Crippen LogP contribution < -0.4 is 0 Å². The van der Waals surface area contributed by atoms with Crippen molar-refractivity contribution in [1.29, 1.82) is 0 Å². The molecule has 6 aliphatic rings. The molecule has 6 rings (SSSR count). The van der Waals surface area contributed by atoms with Crippen molar-refractivity contribution in [3.8, 4) is 0 Å². The molecule has 0 saturated carbocycles. The zero-order valence-corrected chi connectivity index (χ0v) is 21.5. The van der Waals surface area contributed by atoms with Gasteiger partial charge in [0.2, 0.25) is 5.76 Å². The Hall–Kier alpha value is -2.05. The van der Waals surface area contributed by atoms with Crippen molar-refractivity contribution in [2.24, 2.45) is 23.7 Å². The minimum atomic E-state index is -0.668. The molecule has 3 saturated heterocycles. The summed E-state index contributed by atoms with van der Waals surface area (Å²) in [6, 6.07) is 0.935. The van der Waals surface area contributed by atoms with Crippen LogP contribution in [0.3, 0.4) is 0 Å². The lowest BCUT2D eigenvalue weighted by molar-refractivity contribution is -0.160. The van der Waals surface area contributed by atoms with E-state index in [1.807, 2.05) is 0 Å². The molecule has 5 heterocycles. The van der Waals surface area contributed by atoms with Gasteiger partial charge >= 0.3 is 5.97 Å². The first kappa shape index (κ1) is 23.4. The van der Waals surface area contributed by atoms with Crippen LogP contribution in [0.15, 0.2) is 46.8 Å². The van der Waals surface area contributed by atoms with Crippen LogP contribution >= 0.6 is 0 Å². The molecule has 8 atom stereocenters. The number of ether oxygens (including phenoxy) is 3. The van der Waals surface area contributed by atoms with E-state index in [9.17, 15) is 9.90 Å². The van der Waals surface area contributed by atoms with E-state index in [0.29, 0.717) is 40.9 Å². The monoisotopic (exact) mass is 481 g/mol. The van der Waals surface area contributed by atoms with Crippen LogP contribution in [0.25, 0.3) is 0 Å². The molecule has 1 aliphatic carbocycles. The van der Waals surface area contributed by atoms with Crippen molar-refractivity contribution < 1.29 is 24.1 Å². The van der Waals surface area contributed by atoms with Gasteiger partial charge in [0.15, 0.2) is 11.5 Å². The molecule has 6 heteroatoms. The maximum atomic E-state index is 12.3. The Morgan fingerprint density at radius 3 is 2.77 bits per heavy atom. The minimum absolute atomic E-state index is 0.0622. The van der Waals surface area contributed by atoms with Crippen LogP contribution in [0.5, 0.6) is 0 Å². The van der Waals surface area contributed by atoms with Gasteiger partial charge in [0.05, 0.1) is 18.3 Å². The highest BCUT2D eigenvalue weighted by Crippen LogP contribution is 2.54. The average molecular weight is 482 g/mol. The number of aliphatic hydroxyl groups is 1. The van der Waals surface area contributed by atoms with E-state index in [0.717, 1.165) is 57.1 Å². The van der Waals surface area contributed by atoms with Gasteiger partial charge in [-0.15, -0.1) is 0 Å². The molecule has 3 fully saturated rings. The fraction of sp³-hybridized carbons (Fsp3) is 0.690. The number of carbonyl (C=O) groups excluding carboxylic acids is 1. The molecule has 0 unspecified atom stereocenters. The van der Waals surface area contributed by atoms with Gasteiger partial charge in [-0.25, -0.2) is 4.79 Å². The van der Waals surface area contributed by atoms with Crippen molar-refractivity contribution in [1.82, 2.24) is 4.90 Å². The molecule has 6 nitrogen and oxygen atoms in total. The normalized spacial score (nSPS) is 45.3. The molecule has 0 aromatic rings. The highest BCUT2D eigenvalue weighted by Gasteiger charge is 2.57. The summed E-state index contributed by atoms with van der Waals surface area (Å²) in [4.78, 5) is 15.0. The summed E-state index contributed by atoms with van der Waals surface area (Å²) in [7, 11) is 1.57. The third-order valence-electron chi connectivity index (χ3n) is 9.79. The predicted octanol–water partition coefficient (Wildman–Crippen LogP) is 4.96. The third-order valence-corrected chi connectivity index (χ3v) is 9.79. The average Bonchev–Trinajstić information content (AvgIpc) is 3.26. The van der Waals surface area contributed by atoms with Crippen LogP contribution in [0.4, 0.5) is 0 Å². The second-order valence-corrected chi connectivity index (χ2v) is 11.8. The Balaban J connectivity index is 1.36. The van der Waals surface area contributed by atoms with Crippen molar-refractivity contribution >= 4 is 5.97 Å². The molecule has 5 aliphatic heterocycles. The van der Waals surface area contributed by atoms with E-state index in [4.69, 9.17) is 14.2 Å². The number of hydrogen-bond donors (Lipinski definition) is 1. The number of nitrogens with zero attached hydrogens (tertiary/aromatic N) is 1. The van der Waals surface area contributed by atoms with Gasteiger partial charge in [0.25, 0.3) is 0 Å². The number of methoxy groups -OCH3 is 1. The summed E-state index contributed by atoms with van der Waals surface area (Å²) < 4.78 is 17.7. The van der Waals surface area contributed by atoms with Crippen molar-refractivity contribution in [3.05, 3.63) is 46.8 Å². The van der Waals surface area contributed by atoms with E-state index in [1.54, 1.807) is 14.0 Å². The van der Waals surface area contributed by atoms with Crippen LogP contribution in [0.2, 0.25) is 0 Å². The number of rotatable bonds is 2. The van der Waals surface area contributed by atoms with Crippen LogP contribution in [-0.4, -0.2) is 46.8 Å². The van der Waals surface area contributed by atoms with Gasteiger partial charge in [-0.05, 0) is 63.9 Å². The Morgan fingerprint density at radius 2 is 2.00 bits per heavy atom. The van der Waals surface area contributed by atoms with E-state index < -0.39 is 5.60 Å². The van der Waals surface area contributed by atoms with E-state index in [1.165, 1.54) is 0 Å². The lowest BCUT2D eigenvalue weighted by Crippen LogP contribution is -2.68. The summed E-state index contributed by atoms with van der Waals surface area (Å²) in [6.07, 6.45) is 15.2. The highest BCUT2D eigenvalue weighted by atomic mass is 16.6. The Bertz CT molecular complexity index is 1040. The van der Waals surface area contributed by atoms with Crippen LogP contribution in [-0.2, 0) is 19.0 Å². The number of hydrogen-bond acceptors (Lipinski definition) is 6. The van der Waals surface area contributed by atoms with Gasteiger partial charge in [-0.1, -0.05) is 32.4 Å². The standard InChI is InChI=1S/C29H39NO5/c1-16-7-5-8-19(15-16)29(32)14-13-20-11-12-22-24(21-9-6-10-23(29)30(20)21)17(2)26(34-22)27-25(33-4)18(3)28(31)35-27/h5,8,12,16-17,19-21,23-24,32H,6-7,9-11,13-15H2,1-4H3/b27-26+/t16-,17-,19+,20+,21-,23-,24+,29-/m0/s1. The first-order valence-corrected chi connectivity index (χ1v) is 13.6. The molecule has 190 valence electrons. The third kappa shape index (κ3) is 3.46. The molecule has 0 bridgehead atoms. The van der Waals surface area contributed by atoms with E-state index in [-0.39, 0.29) is 29.8 Å². The van der Waals surface area contributed by atoms with Crippen LogP contribution in [0.1, 0.15) is 72.1 Å². The highest BCUT2D eigenvalue weighted by molar-refractivity contribution is 5.93. The van der Waals surface area contributed by atoms with E-state index in [2.05, 4.69) is 37.0 Å². The topological polar surface area (TPSA) is 68.2 Å². The number of fused-ring (bicyclic) bond motifs is 2. The molecule has 0 spiro atoms. The smallest absolute Gasteiger partial charge is 0.343 e. The second kappa shape index (κ2) is 8.52. The summed E-state index contributed by atoms with van der Waals surface area (Å²) >= 11 is 0. The molecular weight excluding hydrogens is 442 g/mol.